The number of hydrogen-bond donors (Lipinski definition) is 2. The Morgan fingerprint density at radius 1 is 1.10 bits per heavy atom. The van der Waals surface area contributed by atoms with E-state index >= 15 is 0 Å². The van der Waals surface area contributed by atoms with Gasteiger partial charge in [-0.1, -0.05) is 24.3 Å². The summed E-state index contributed by atoms with van der Waals surface area (Å²) in [6, 6.07) is 15.1. The molecule has 0 bridgehead atoms. The Morgan fingerprint density at radius 3 is 2.67 bits per heavy atom. The zero-order valence-corrected chi connectivity index (χ0v) is 20.0. The molecule has 2 N–H and O–H groups in total. The maximum Gasteiger partial charge on any atom is 0.195 e. The number of rotatable bonds is 4. The summed E-state index contributed by atoms with van der Waals surface area (Å²) < 4.78 is 11.5. The van der Waals surface area contributed by atoms with E-state index in [-0.39, 0.29) is 24.0 Å². The lowest BCUT2D eigenvalue weighted by Gasteiger charge is -2.34. The van der Waals surface area contributed by atoms with Gasteiger partial charge in [-0.15, -0.1) is 24.0 Å². The number of aliphatic imine (C=N–C) groups is 1. The predicted octanol–water partition coefficient (Wildman–Crippen LogP) is 3.90. The molecule has 0 aromatic heterocycles. The average molecular weight is 522 g/mol. The van der Waals surface area contributed by atoms with Gasteiger partial charge in [-0.3, -0.25) is 9.89 Å². The van der Waals surface area contributed by atoms with Crippen LogP contribution in [0.15, 0.2) is 47.5 Å². The van der Waals surface area contributed by atoms with E-state index in [4.69, 9.17) is 9.47 Å². The van der Waals surface area contributed by atoms with Crippen molar-refractivity contribution in [3.63, 3.8) is 0 Å². The minimum absolute atomic E-state index is 0. The fraction of sp³-hybridized carbons (Fsp3) is 0.435. The maximum atomic E-state index is 5.78. The zero-order chi connectivity index (χ0) is 20.1. The monoisotopic (exact) mass is 522 g/mol. The van der Waals surface area contributed by atoms with Gasteiger partial charge in [0.25, 0.3) is 0 Å². The fourth-order valence-electron chi connectivity index (χ4n) is 3.82. The highest BCUT2D eigenvalue weighted by Crippen LogP contribution is 2.32. The van der Waals surface area contributed by atoms with Crippen LogP contribution < -0.4 is 20.1 Å². The van der Waals surface area contributed by atoms with Gasteiger partial charge in [-0.25, -0.2) is 0 Å². The third kappa shape index (κ3) is 5.57. The van der Waals surface area contributed by atoms with E-state index in [0.29, 0.717) is 19.3 Å². The third-order valence-corrected chi connectivity index (χ3v) is 5.58. The largest absolute Gasteiger partial charge is 0.490 e. The molecule has 0 amide bonds. The number of guanidine groups is 1. The van der Waals surface area contributed by atoms with Crippen molar-refractivity contribution in [1.29, 1.82) is 0 Å². The second kappa shape index (κ2) is 10.9. The lowest BCUT2D eigenvalue weighted by Crippen LogP contribution is -2.45. The zero-order valence-electron chi connectivity index (χ0n) is 17.7. The van der Waals surface area contributed by atoms with Crippen LogP contribution in [-0.4, -0.2) is 50.3 Å². The highest BCUT2D eigenvalue weighted by Gasteiger charge is 2.20. The lowest BCUT2D eigenvalue weighted by molar-refractivity contribution is 0.191. The van der Waals surface area contributed by atoms with Crippen LogP contribution >= 0.6 is 24.0 Å². The number of nitrogens with one attached hydrogen (secondary N) is 2. The molecule has 1 unspecified atom stereocenters. The summed E-state index contributed by atoms with van der Waals surface area (Å²) >= 11 is 0. The van der Waals surface area contributed by atoms with Gasteiger partial charge >= 0.3 is 0 Å². The van der Waals surface area contributed by atoms with Crippen LogP contribution in [0.2, 0.25) is 0 Å². The van der Waals surface area contributed by atoms with Crippen LogP contribution in [-0.2, 0) is 13.0 Å². The molecule has 2 heterocycles. The maximum absolute atomic E-state index is 5.78. The first-order chi connectivity index (χ1) is 14.2. The van der Waals surface area contributed by atoms with E-state index in [1.54, 1.807) is 7.05 Å². The van der Waals surface area contributed by atoms with Gasteiger partial charge in [-0.05, 0) is 36.6 Å². The van der Waals surface area contributed by atoms with Crippen molar-refractivity contribution in [3.05, 3.63) is 53.6 Å². The first-order valence-electron chi connectivity index (χ1n) is 10.4. The molecule has 0 aliphatic carbocycles. The SMILES string of the molecule is CN=C(NCC(C)N1CCc2ccccc2C1)Nc1ccc2c(c1)OCCCO2.I. The van der Waals surface area contributed by atoms with Gasteiger partial charge in [0.2, 0.25) is 0 Å². The summed E-state index contributed by atoms with van der Waals surface area (Å²) in [5, 5.41) is 6.81. The van der Waals surface area contributed by atoms with Gasteiger partial charge in [0, 0.05) is 50.9 Å². The molecule has 7 heteroatoms. The van der Waals surface area contributed by atoms with Crippen LogP contribution in [0.5, 0.6) is 11.5 Å². The first-order valence-corrected chi connectivity index (χ1v) is 10.4. The van der Waals surface area contributed by atoms with Crippen molar-refractivity contribution in [3.8, 4) is 11.5 Å². The molecule has 0 saturated heterocycles. The van der Waals surface area contributed by atoms with Gasteiger partial charge in [-0.2, -0.15) is 0 Å². The molecule has 30 heavy (non-hydrogen) atoms. The molecule has 0 radical (unpaired) electrons. The molecule has 0 saturated carbocycles. The Balaban J connectivity index is 0.00000256. The smallest absolute Gasteiger partial charge is 0.195 e. The van der Waals surface area contributed by atoms with E-state index in [9.17, 15) is 0 Å². The van der Waals surface area contributed by atoms with E-state index in [1.165, 1.54) is 11.1 Å². The van der Waals surface area contributed by atoms with Crippen molar-refractivity contribution in [2.24, 2.45) is 4.99 Å². The Hall–Kier alpha value is -2.00. The van der Waals surface area contributed by atoms with E-state index in [0.717, 1.165) is 55.6 Å². The van der Waals surface area contributed by atoms with Crippen LogP contribution in [0.1, 0.15) is 24.5 Å². The van der Waals surface area contributed by atoms with Crippen molar-refractivity contribution >= 4 is 35.6 Å². The number of halogens is 1. The summed E-state index contributed by atoms with van der Waals surface area (Å²) in [7, 11) is 1.79. The Bertz CT molecular complexity index is 874. The Labute approximate surface area is 196 Å². The molecule has 2 aromatic rings. The normalized spacial score (nSPS) is 17.2. The van der Waals surface area contributed by atoms with Gasteiger partial charge < -0.3 is 20.1 Å². The van der Waals surface area contributed by atoms with Crippen molar-refractivity contribution in [2.75, 3.05) is 38.7 Å². The molecular weight excluding hydrogens is 491 g/mol. The van der Waals surface area contributed by atoms with Crippen LogP contribution in [0.4, 0.5) is 5.69 Å². The highest BCUT2D eigenvalue weighted by molar-refractivity contribution is 14.0. The molecule has 0 spiro atoms. The Kier molecular flexibility index (Phi) is 8.21. The minimum atomic E-state index is 0. The minimum Gasteiger partial charge on any atom is -0.490 e. The first kappa shape index (κ1) is 22.7. The summed E-state index contributed by atoms with van der Waals surface area (Å²) in [4.78, 5) is 6.89. The fourth-order valence-corrected chi connectivity index (χ4v) is 3.82. The number of ether oxygens (including phenoxy) is 2. The van der Waals surface area contributed by atoms with Crippen molar-refractivity contribution in [1.82, 2.24) is 10.2 Å². The summed E-state index contributed by atoms with van der Waals surface area (Å²) in [5.41, 5.74) is 3.86. The Morgan fingerprint density at radius 2 is 1.87 bits per heavy atom. The highest BCUT2D eigenvalue weighted by atomic mass is 127. The predicted molar refractivity (Wildman–Crippen MR) is 132 cm³/mol. The third-order valence-electron chi connectivity index (χ3n) is 5.58. The van der Waals surface area contributed by atoms with Gasteiger partial charge in [0.05, 0.1) is 13.2 Å². The van der Waals surface area contributed by atoms with E-state index < -0.39 is 0 Å². The quantitative estimate of drug-likeness (QED) is 0.363. The molecule has 2 aromatic carbocycles. The number of fused-ring (bicyclic) bond motifs is 2. The molecule has 6 nitrogen and oxygen atoms in total. The van der Waals surface area contributed by atoms with E-state index in [1.807, 2.05) is 18.2 Å². The molecule has 2 aliphatic rings. The van der Waals surface area contributed by atoms with Gasteiger partial charge in [0.15, 0.2) is 17.5 Å². The topological polar surface area (TPSA) is 58.1 Å². The lowest BCUT2D eigenvalue weighted by atomic mass is 9.99. The summed E-state index contributed by atoms with van der Waals surface area (Å²) in [6.07, 6.45) is 2.02. The number of anilines is 1. The molecule has 0 fully saturated rings. The molecule has 4 rings (SSSR count). The number of nitrogens with zero attached hydrogens (tertiary/aromatic N) is 2. The van der Waals surface area contributed by atoms with Crippen LogP contribution in [0, 0.1) is 0 Å². The second-order valence-electron chi connectivity index (χ2n) is 7.63. The van der Waals surface area contributed by atoms with Crippen LogP contribution in [0.25, 0.3) is 0 Å². The van der Waals surface area contributed by atoms with Crippen molar-refractivity contribution < 1.29 is 9.47 Å². The van der Waals surface area contributed by atoms with Gasteiger partial charge in [0.1, 0.15) is 0 Å². The summed E-state index contributed by atoms with van der Waals surface area (Å²) in [6.45, 7) is 6.57. The average Bonchev–Trinajstić information content (AvgIpc) is 3.01. The van der Waals surface area contributed by atoms with Crippen molar-refractivity contribution in [2.45, 2.75) is 32.4 Å². The molecule has 2 aliphatic heterocycles. The molecule has 1 atom stereocenters. The van der Waals surface area contributed by atoms with E-state index in [2.05, 4.69) is 51.7 Å². The molecule has 162 valence electrons. The number of hydrogen-bond acceptors (Lipinski definition) is 4. The molecular formula is C23H31IN4O2. The summed E-state index contributed by atoms with van der Waals surface area (Å²) in [5.74, 6) is 2.34. The standard InChI is InChI=1S/C23H30N4O2.HI/c1-17(27-11-10-18-6-3-4-7-19(18)16-27)15-25-23(24-2)26-20-8-9-21-22(14-20)29-13-5-12-28-21;/h3-4,6-9,14,17H,5,10-13,15-16H2,1-2H3,(H2,24,25,26);1H. The second-order valence-corrected chi connectivity index (χ2v) is 7.63. The van der Waals surface area contributed by atoms with Crippen LogP contribution in [0.3, 0.4) is 0 Å². The number of benzene rings is 2.